The van der Waals surface area contributed by atoms with Crippen molar-refractivity contribution in [1.29, 1.82) is 0 Å². The number of hydrogen-bond donors (Lipinski definition) is 0. The van der Waals surface area contributed by atoms with E-state index < -0.39 is 0 Å². The van der Waals surface area contributed by atoms with E-state index in [-0.39, 0.29) is 0 Å². The van der Waals surface area contributed by atoms with E-state index in [0.717, 1.165) is 21.7 Å². The van der Waals surface area contributed by atoms with Crippen LogP contribution in [0.1, 0.15) is 49.2 Å². The molecule has 1 aromatic heterocycles. The van der Waals surface area contributed by atoms with E-state index >= 15 is 0 Å². The molecule has 0 amide bonds. The van der Waals surface area contributed by atoms with Gasteiger partial charge in [0.05, 0.1) is 15.3 Å². The molecule has 110 valence electrons. The molecular weight excluding hydrogens is 405 g/mol. The number of hydrogen-bond acceptors (Lipinski definition) is 4. The maximum absolute atomic E-state index is 6.38. The fraction of sp³-hybridized carbons (Fsp3) is 0.714. The van der Waals surface area contributed by atoms with Gasteiger partial charge in [0.15, 0.2) is 0 Å². The fourth-order valence-corrected chi connectivity index (χ4v) is 5.11. The molecule has 1 saturated heterocycles. The van der Waals surface area contributed by atoms with Crippen LogP contribution in [0.4, 0.5) is 0 Å². The van der Waals surface area contributed by atoms with Gasteiger partial charge in [0.2, 0.25) is 0 Å². The zero-order chi connectivity index (χ0) is 14.1. The van der Waals surface area contributed by atoms with Crippen LogP contribution in [0, 0.1) is 3.57 Å². The van der Waals surface area contributed by atoms with Gasteiger partial charge >= 0.3 is 0 Å². The molecule has 0 aromatic carbocycles. The normalized spacial score (nSPS) is 25.2. The third kappa shape index (κ3) is 3.10. The third-order valence-corrected chi connectivity index (χ3v) is 6.97. The van der Waals surface area contributed by atoms with Gasteiger partial charge in [0, 0.05) is 24.0 Å². The molecule has 0 N–H and O–H groups in total. The van der Waals surface area contributed by atoms with Gasteiger partial charge in [-0.1, -0.05) is 24.4 Å². The lowest BCUT2D eigenvalue weighted by atomic mass is 10.0. The quantitative estimate of drug-likeness (QED) is 0.529. The predicted molar refractivity (Wildman–Crippen MR) is 93.7 cm³/mol. The van der Waals surface area contributed by atoms with E-state index in [1.54, 1.807) is 0 Å². The molecule has 3 nitrogen and oxygen atoms in total. The smallest absolute Gasteiger partial charge is 0.148 e. The van der Waals surface area contributed by atoms with Gasteiger partial charge in [-0.15, -0.1) is 0 Å². The zero-order valence-corrected chi connectivity index (χ0v) is 15.3. The zero-order valence-electron chi connectivity index (χ0n) is 11.6. The van der Waals surface area contributed by atoms with Crippen LogP contribution in [0.3, 0.4) is 0 Å². The van der Waals surface area contributed by atoms with Gasteiger partial charge in [0.1, 0.15) is 11.0 Å². The van der Waals surface area contributed by atoms with Crippen LogP contribution in [0.2, 0.25) is 5.15 Å². The number of nitrogens with zero attached hydrogens (tertiary/aromatic N) is 3. The second kappa shape index (κ2) is 6.67. The van der Waals surface area contributed by atoms with Crippen molar-refractivity contribution in [2.45, 2.75) is 37.6 Å². The van der Waals surface area contributed by atoms with Crippen LogP contribution in [0.15, 0.2) is 0 Å². The van der Waals surface area contributed by atoms with Gasteiger partial charge in [0.25, 0.3) is 0 Å². The third-order valence-electron chi connectivity index (χ3n) is 4.29. The lowest BCUT2D eigenvalue weighted by Crippen LogP contribution is -2.34. The average molecular weight is 424 g/mol. The van der Waals surface area contributed by atoms with Crippen LogP contribution in [-0.4, -0.2) is 40.0 Å². The summed E-state index contributed by atoms with van der Waals surface area (Å²) in [6, 6.07) is 0.309. The van der Waals surface area contributed by atoms with Crippen molar-refractivity contribution >= 4 is 46.0 Å². The minimum atomic E-state index is 0.309. The molecule has 1 aliphatic carbocycles. The molecule has 20 heavy (non-hydrogen) atoms. The Morgan fingerprint density at radius 1 is 1.30 bits per heavy atom. The maximum atomic E-state index is 6.38. The van der Waals surface area contributed by atoms with Crippen LogP contribution in [0.5, 0.6) is 0 Å². The first-order valence-corrected chi connectivity index (χ1v) is 9.78. The summed E-state index contributed by atoms with van der Waals surface area (Å²) < 4.78 is 1.06. The fourth-order valence-electron chi connectivity index (χ4n) is 3.03. The van der Waals surface area contributed by atoms with E-state index in [4.69, 9.17) is 16.6 Å². The first kappa shape index (κ1) is 15.3. The van der Waals surface area contributed by atoms with Gasteiger partial charge in [-0.3, -0.25) is 4.90 Å². The molecule has 0 bridgehead atoms. The number of aromatic nitrogens is 2. The van der Waals surface area contributed by atoms with E-state index in [2.05, 4.69) is 39.5 Å². The van der Waals surface area contributed by atoms with Gasteiger partial charge in [-0.05, 0) is 42.5 Å². The van der Waals surface area contributed by atoms with Crippen LogP contribution >= 0.6 is 46.0 Å². The Kier molecular flexibility index (Phi) is 5.10. The highest BCUT2D eigenvalue weighted by Crippen LogP contribution is 2.38. The number of rotatable bonds is 2. The highest BCUT2D eigenvalue weighted by Gasteiger charge is 2.28. The lowest BCUT2D eigenvalue weighted by molar-refractivity contribution is 0.263. The summed E-state index contributed by atoms with van der Waals surface area (Å²) in [6.07, 6.45) is 5.13. The van der Waals surface area contributed by atoms with Crippen molar-refractivity contribution in [2.24, 2.45) is 0 Å². The highest BCUT2D eigenvalue weighted by molar-refractivity contribution is 14.1. The first-order valence-electron chi connectivity index (χ1n) is 7.17. The van der Waals surface area contributed by atoms with Gasteiger partial charge < -0.3 is 0 Å². The SMILES string of the molecule is CN1CCSCC1c1nc(Cl)c(I)c(C2CCCC2)n1. The molecule has 1 saturated carbocycles. The Hall–Kier alpha value is 0.410. The summed E-state index contributed by atoms with van der Waals surface area (Å²) in [7, 11) is 2.16. The summed E-state index contributed by atoms with van der Waals surface area (Å²) in [5, 5.41) is 0.640. The van der Waals surface area contributed by atoms with E-state index in [1.807, 2.05) is 11.8 Å². The molecule has 2 heterocycles. The van der Waals surface area contributed by atoms with Crippen LogP contribution < -0.4 is 0 Å². The standard InChI is InChI=1S/C14H19ClIN3S/c1-19-6-7-20-8-10(19)14-17-12(9-4-2-3-5-9)11(16)13(15)18-14/h9-10H,2-8H2,1H3. The average Bonchev–Trinajstić information content (AvgIpc) is 2.96. The monoisotopic (exact) mass is 423 g/mol. The van der Waals surface area contributed by atoms with Crippen molar-refractivity contribution in [3.05, 3.63) is 20.2 Å². The summed E-state index contributed by atoms with van der Waals surface area (Å²) in [5.74, 6) is 3.77. The lowest BCUT2D eigenvalue weighted by Gasteiger charge is -2.31. The molecule has 0 radical (unpaired) electrons. The molecule has 1 unspecified atom stereocenters. The molecule has 1 aromatic rings. The Bertz CT molecular complexity index is 494. The summed E-state index contributed by atoms with van der Waals surface area (Å²) >= 11 is 10.7. The Labute approximate surface area is 143 Å². The Morgan fingerprint density at radius 2 is 2.05 bits per heavy atom. The van der Waals surface area contributed by atoms with Crippen molar-refractivity contribution in [1.82, 2.24) is 14.9 Å². The molecular formula is C14H19ClIN3S. The molecule has 2 fully saturated rings. The van der Waals surface area contributed by atoms with Crippen LogP contribution in [0.25, 0.3) is 0 Å². The summed E-state index contributed by atoms with van der Waals surface area (Å²) in [5.41, 5.74) is 1.20. The maximum Gasteiger partial charge on any atom is 0.148 e. The first-order chi connectivity index (χ1) is 9.66. The summed E-state index contributed by atoms with van der Waals surface area (Å²) in [4.78, 5) is 11.9. The minimum Gasteiger partial charge on any atom is -0.295 e. The summed E-state index contributed by atoms with van der Waals surface area (Å²) in [6.45, 7) is 1.10. The molecule has 6 heteroatoms. The molecule has 1 atom stereocenters. The second-order valence-corrected chi connectivity index (χ2v) is 8.21. The van der Waals surface area contributed by atoms with Crippen molar-refractivity contribution in [3.8, 4) is 0 Å². The highest BCUT2D eigenvalue weighted by atomic mass is 127. The van der Waals surface area contributed by atoms with E-state index in [0.29, 0.717) is 17.1 Å². The van der Waals surface area contributed by atoms with Gasteiger partial charge in [-0.25, -0.2) is 9.97 Å². The largest absolute Gasteiger partial charge is 0.295 e. The van der Waals surface area contributed by atoms with E-state index in [9.17, 15) is 0 Å². The molecule has 2 aliphatic rings. The van der Waals surface area contributed by atoms with Crippen LogP contribution in [-0.2, 0) is 0 Å². The Balaban J connectivity index is 1.95. The topological polar surface area (TPSA) is 29.0 Å². The molecule has 0 spiro atoms. The van der Waals surface area contributed by atoms with E-state index in [1.165, 1.54) is 37.1 Å². The Morgan fingerprint density at radius 3 is 2.75 bits per heavy atom. The molecule has 3 rings (SSSR count). The van der Waals surface area contributed by atoms with Gasteiger partial charge in [-0.2, -0.15) is 11.8 Å². The number of thioether (sulfide) groups is 1. The van der Waals surface area contributed by atoms with Crippen molar-refractivity contribution < 1.29 is 0 Å². The minimum absolute atomic E-state index is 0.309. The number of halogens is 2. The predicted octanol–water partition coefficient (Wildman–Crippen LogP) is 4.11. The second-order valence-electron chi connectivity index (χ2n) is 5.62. The molecule has 1 aliphatic heterocycles. The van der Waals surface area contributed by atoms with Crippen molar-refractivity contribution in [2.75, 3.05) is 25.1 Å². The van der Waals surface area contributed by atoms with Crippen molar-refractivity contribution in [3.63, 3.8) is 0 Å².